The zero-order chi connectivity index (χ0) is 68.5. The second kappa shape index (κ2) is 24.1. The lowest BCUT2D eigenvalue weighted by Gasteiger charge is -2.43. The van der Waals surface area contributed by atoms with Crippen molar-refractivity contribution in [1.82, 2.24) is 0 Å². The highest BCUT2D eigenvalue weighted by atomic mass is 32.2. The van der Waals surface area contributed by atoms with E-state index in [4.69, 9.17) is 0 Å². The molecule has 2 aliphatic heterocycles. The highest BCUT2D eigenvalue weighted by Gasteiger charge is 2.54. The molecule has 17 aromatic rings. The Bertz CT molecular complexity index is 6190. The average molecular weight is 1360 g/mol. The third-order valence-corrected chi connectivity index (χ3v) is 24.6. The van der Waals surface area contributed by atoms with Crippen LogP contribution in [0.2, 0.25) is 0 Å². The van der Waals surface area contributed by atoms with Crippen LogP contribution in [0.4, 0.5) is 34.1 Å². The maximum Gasteiger partial charge on any atom is 0.0756 e. The third-order valence-electron chi connectivity index (χ3n) is 22.3. The van der Waals surface area contributed by atoms with E-state index >= 15 is 0 Å². The highest BCUT2D eigenvalue weighted by molar-refractivity contribution is 7.99. The molecule has 0 aromatic heterocycles. The normalized spacial score (nSPS) is 13.5. The van der Waals surface area contributed by atoms with Gasteiger partial charge in [-0.05, 0) is 225 Å². The summed E-state index contributed by atoms with van der Waals surface area (Å²) < 4.78 is 0. The Morgan fingerprint density at radius 3 is 0.846 bits per heavy atom. The van der Waals surface area contributed by atoms with Crippen molar-refractivity contribution >= 4 is 79.2 Å². The molecule has 0 saturated heterocycles. The van der Waals surface area contributed by atoms with Gasteiger partial charge in [-0.2, -0.15) is 0 Å². The summed E-state index contributed by atoms with van der Waals surface area (Å²) in [5.74, 6) is 0. The lowest BCUT2D eigenvalue weighted by Crippen LogP contribution is -2.34. The van der Waals surface area contributed by atoms with E-state index in [1.54, 1.807) is 0 Å². The van der Waals surface area contributed by atoms with Gasteiger partial charge in [-0.3, -0.25) is 0 Å². The predicted molar refractivity (Wildman–Crippen MR) is 435 cm³/mol. The fourth-order valence-electron chi connectivity index (χ4n) is 17.8. The van der Waals surface area contributed by atoms with Crippen molar-refractivity contribution in [2.45, 2.75) is 30.4 Å². The first-order chi connectivity index (χ1) is 51.5. The molecular formula is C100H64N2S2. The molecule has 104 heavy (non-hydrogen) atoms. The summed E-state index contributed by atoms with van der Waals surface area (Å²) in [7, 11) is 0. The minimum atomic E-state index is -0.615. The van der Waals surface area contributed by atoms with Gasteiger partial charge < -0.3 is 9.80 Å². The Labute approximate surface area is 614 Å². The van der Waals surface area contributed by atoms with Gasteiger partial charge in [0.05, 0.1) is 22.2 Å². The minimum Gasteiger partial charge on any atom is -0.310 e. The van der Waals surface area contributed by atoms with Gasteiger partial charge in [0.2, 0.25) is 0 Å². The van der Waals surface area contributed by atoms with Crippen LogP contribution >= 0.6 is 23.5 Å². The molecule has 0 atom stereocenters. The van der Waals surface area contributed by atoms with Gasteiger partial charge in [-0.1, -0.05) is 309 Å². The number of fused-ring (bicyclic) bond motifs is 20. The summed E-state index contributed by atoms with van der Waals surface area (Å²) in [6, 6.07) is 145. The Hall–Kier alpha value is -12.4. The fourth-order valence-corrected chi connectivity index (χ4v) is 20.3. The first-order valence-corrected chi connectivity index (χ1v) is 37.5. The molecule has 0 amide bonds. The Morgan fingerprint density at radius 2 is 0.462 bits per heavy atom. The van der Waals surface area contributed by atoms with Crippen molar-refractivity contribution < 1.29 is 0 Å². The smallest absolute Gasteiger partial charge is 0.0756 e. The number of rotatable bonds is 10. The average Bonchev–Trinajstić information content (AvgIpc) is 1.47. The van der Waals surface area contributed by atoms with E-state index in [2.05, 4.69) is 398 Å². The molecule has 2 spiro atoms. The SMILES string of the molecule is c1ccc(-c2ccc(N(c3ccc(-c4cccc(-c5ccc(-c6ccc(N(c7ccccc7)c7cccc8c7C7(c9cc%10ccccc%10cc9S8)c8ccccc8-c8ccccc87)cc6)cc5)c4)cc3)c3cccc4c3C3(c5cc6ccccc6cc5S4)c4ccccc4-c4ccccc43)cc2)cc1. The molecule has 21 rings (SSSR count). The van der Waals surface area contributed by atoms with Crippen LogP contribution in [-0.2, 0) is 10.8 Å². The van der Waals surface area contributed by atoms with E-state index in [0.717, 1.165) is 56.4 Å². The molecular weight excluding hydrogens is 1290 g/mol. The van der Waals surface area contributed by atoms with E-state index in [9.17, 15) is 0 Å². The van der Waals surface area contributed by atoms with Crippen LogP contribution in [0, 0.1) is 0 Å². The maximum absolute atomic E-state index is 2.51. The van der Waals surface area contributed by atoms with E-state index < -0.39 is 10.8 Å². The molecule has 4 aliphatic rings. The van der Waals surface area contributed by atoms with E-state index in [1.807, 2.05) is 23.5 Å². The molecule has 486 valence electrons. The van der Waals surface area contributed by atoms with Crippen molar-refractivity contribution in [2.24, 2.45) is 0 Å². The summed E-state index contributed by atoms with van der Waals surface area (Å²) in [5.41, 5.74) is 30.5. The second-order valence-corrected chi connectivity index (χ2v) is 29.9. The van der Waals surface area contributed by atoms with Crippen LogP contribution in [0.15, 0.2) is 408 Å². The second-order valence-electron chi connectivity index (χ2n) is 27.7. The summed E-state index contributed by atoms with van der Waals surface area (Å²) in [6.07, 6.45) is 0. The standard InChI is InChI=1S/C100H64N2S2/c1-3-22-65(23-4-1)67-48-54-79(55-49-67)102(92-41-21-43-94-98(92)100(90-62-74-25-8-10-27-76(74)64-96(90)104-94)87-38-17-13-34-83(87)84-35-14-18-39-88(84)100)80-58-52-70(53-59-80)72-29-19-28-71(60-72)69-46-44-66(45-47-69)68-50-56-78(57-51-68)101(77-30-5-2-6-31-77)91-40-20-42-93-97(91)99(89-61-73-24-7-9-26-75(73)63-95(89)103-93)85-36-15-11-32-81(85)82-33-12-16-37-86(82)99/h1-64H. The molecule has 2 heterocycles. The minimum absolute atomic E-state index is 0.585. The van der Waals surface area contributed by atoms with Crippen molar-refractivity contribution in [3.05, 3.63) is 433 Å². The van der Waals surface area contributed by atoms with Gasteiger partial charge >= 0.3 is 0 Å². The quantitative estimate of drug-likeness (QED) is 0.135. The van der Waals surface area contributed by atoms with Crippen molar-refractivity contribution in [1.29, 1.82) is 0 Å². The first kappa shape index (κ1) is 60.3. The van der Waals surface area contributed by atoms with E-state index in [0.29, 0.717) is 0 Å². The fraction of sp³-hybridized carbons (Fsp3) is 0.0200. The lowest BCUT2D eigenvalue weighted by molar-refractivity contribution is 0.724. The number of para-hydroxylation sites is 1. The number of benzene rings is 17. The van der Waals surface area contributed by atoms with Crippen LogP contribution in [0.1, 0.15) is 44.5 Å². The summed E-state index contributed by atoms with van der Waals surface area (Å²) in [4.78, 5) is 10.1. The molecule has 0 saturated carbocycles. The molecule has 4 heteroatoms. The molecule has 0 bridgehead atoms. The zero-order valence-corrected chi connectivity index (χ0v) is 58.3. The van der Waals surface area contributed by atoms with Crippen molar-refractivity contribution in [3.8, 4) is 66.8 Å². The maximum atomic E-state index is 2.51. The molecule has 0 N–H and O–H groups in total. The van der Waals surface area contributed by atoms with Crippen LogP contribution in [0.3, 0.4) is 0 Å². The van der Waals surface area contributed by atoms with E-state index in [1.165, 1.54) is 130 Å². The Balaban J connectivity index is 0.628. The number of hydrogen-bond donors (Lipinski definition) is 0. The Kier molecular flexibility index (Phi) is 14.0. The molecule has 0 fully saturated rings. The van der Waals surface area contributed by atoms with Gasteiger partial charge in [0.1, 0.15) is 0 Å². The van der Waals surface area contributed by atoms with Gasteiger partial charge in [0.25, 0.3) is 0 Å². The van der Waals surface area contributed by atoms with E-state index in [-0.39, 0.29) is 0 Å². The van der Waals surface area contributed by atoms with Crippen LogP contribution < -0.4 is 9.80 Å². The summed E-state index contributed by atoms with van der Waals surface area (Å²) in [6.45, 7) is 0. The van der Waals surface area contributed by atoms with Crippen LogP contribution in [0.25, 0.3) is 88.3 Å². The van der Waals surface area contributed by atoms with Gasteiger partial charge in [-0.25, -0.2) is 0 Å². The molecule has 2 nitrogen and oxygen atoms in total. The third kappa shape index (κ3) is 9.25. The van der Waals surface area contributed by atoms with Crippen molar-refractivity contribution in [3.63, 3.8) is 0 Å². The number of anilines is 6. The van der Waals surface area contributed by atoms with Crippen LogP contribution in [-0.4, -0.2) is 0 Å². The lowest BCUT2D eigenvalue weighted by atomic mass is 9.66. The molecule has 0 unspecified atom stereocenters. The van der Waals surface area contributed by atoms with Gasteiger partial charge in [-0.15, -0.1) is 0 Å². The highest BCUT2D eigenvalue weighted by Crippen LogP contribution is 2.67. The molecule has 0 radical (unpaired) electrons. The summed E-state index contributed by atoms with van der Waals surface area (Å²) in [5, 5.41) is 5.00. The first-order valence-electron chi connectivity index (χ1n) is 35.8. The predicted octanol–water partition coefficient (Wildman–Crippen LogP) is 27.3. The van der Waals surface area contributed by atoms with Gasteiger partial charge in [0.15, 0.2) is 0 Å². The topological polar surface area (TPSA) is 6.48 Å². The number of nitrogens with zero attached hydrogens (tertiary/aromatic N) is 2. The monoisotopic (exact) mass is 1360 g/mol. The molecule has 17 aromatic carbocycles. The zero-order valence-electron chi connectivity index (χ0n) is 56.7. The molecule has 2 aliphatic carbocycles. The van der Waals surface area contributed by atoms with Crippen molar-refractivity contribution in [2.75, 3.05) is 9.80 Å². The van der Waals surface area contributed by atoms with Gasteiger partial charge in [0, 0.05) is 53.5 Å². The van der Waals surface area contributed by atoms with Crippen LogP contribution in [0.5, 0.6) is 0 Å². The Morgan fingerprint density at radius 1 is 0.183 bits per heavy atom. The number of hydrogen-bond acceptors (Lipinski definition) is 4. The summed E-state index contributed by atoms with van der Waals surface area (Å²) >= 11 is 3.80. The largest absolute Gasteiger partial charge is 0.310 e.